The zero-order valence-corrected chi connectivity index (χ0v) is 15.8. The van der Waals surface area contributed by atoms with Crippen LogP contribution in [0, 0.1) is 0 Å². The van der Waals surface area contributed by atoms with Crippen LogP contribution in [0.5, 0.6) is 5.75 Å². The highest BCUT2D eigenvalue weighted by atomic mass is 35.5. The second-order valence-corrected chi connectivity index (χ2v) is 6.00. The summed E-state index contributed by atoms with van der Waals surface area (Å²) >= 11 is 6.29. The average Bonchev–Trinajstić information content (AvgIpc) is 2.96. The van der Waals surface area contributed by atoms with Crippen LogP contribution in [0.15, 0.2) is 24.3 Å². The number of ether oxygens (including phenoxy) is 1. The lowest BCUT2D eigenvalue weighted by atomic mass is 10.2. The maximum atomic E-state index is 6.29. The fourth-order valence-corrected chi connectivity index (χ4v) is 2.92. The number of fused-ring (bicyclic) bond motifs is 1. The molecule has 0 unspecified atom stereocenters. The van der Waals surface area contributed by atoms with Crippen molar-refractivity contribution in [3.05, 3.63) is 40.8 Å². The molecule has 2 aromatic heterocycles. The van der Waals surface area contributed by atoms with Crippen molar-refractivity contribution < 1.29 is 4.74 Å². The Bertz CT molecular complexity index is 848. The SMILES string of the molecule is CCCCc1nc2c(N)nnc(Cl)c2n1Cc1ccc(OC)cc1.Cl. The first kappa shape index (κ1) is 19.3. The number of rotatable bonds is 6. The van der Waals surface area contributed by atoms with Crippen molar-refractivity contribution in [2.45, 2.75) is 32.7 Å². The summed E-state index contributed by atoms with van der Waals surface area (Å²) in [4.78, 5) is 4.67. The highest BCUT2D eigenvalue weighted by Crippen LogP contribution is 2.27. The molecule has 0 saturated heterocycles. The van der Waals surface area contributed by atoms with Crippen molar-refractivity contribution in [2.75, 3.05) is 12.8 Å². The molecule has 1 aromatic carbocycles. The normalized spacial score (nSPS) is 10.7. The monoisotopic (exact) mass is 381 g/mol. The topological polar surface area (TPSA) is 78.9 Å². The van der Waals surface area contributed by atoms with Gasteiger partial charge in [-0.2, -0.15) is 0 Å². The van der Waals surface area contributed by atoms with Gasteiger partial charge in [0.2, 0.25) is 0 Å². The Morgan fingerprint density at radius 3 is 2.56 bits per heavy atom. The second kappa shape index (κ2) is 8.36. The third-order valence-electron chi connectivity index (χ3n) is 3.98. The van der Waals surface area contributed by atoms with Gasteiger partial charge in [0.15, 0.2) is 11.0 Å². The number of aryl methyl sites for hydroxylation is 1. The molecule has 6 nitrogen and oxygen atoms in total. The van der Waals surface area contributed by atoms with Gasteiger partial charge in [-0.1, -0.05) is 37.1 Å². The summed E-state index contributed by atoms with van der Waals surface area (Å²) in [6.07, 6.45) is 2.99. The summed E-state index contributed by atoms with van der Waals surface area (Å²) in [7, 11) is 1.66. The van der Waals surface area contributed by atoms with E-state index in [1.807, 2.05) is 24.3 Å². The molecule has 0 fully saturated rings. The van der Waals surface area contributed by atoms with Crippen LogP contribution in [0.1, 0.15) is 31.2 Å². The Kier molecular flexibility index (Phi) is 6.45. The highest BCUT2D eigenvalue weighted by Gasteiger charge is 2.17. The number of hydrogen-bond donors (Lipinski definition) is 1. The number of imidazole rings is 1. The molecule has 0 bridgehead atoms. The molecule has 0 spiro atoms. The van der Waals surface area contributed by atoms with Gasteiger partial charge in [-0.05, 0) is 24.1 Å². The van der Waals surface area contributed by atoms with Gasteiger partial charge in [0, 0.05) is 13.0 Å². The van der Waals surface area contributed by atoms with Crippen LogP contribution in [0.2, 0.25) is 5.15 Å². The van der Waals surface area contributed by atoms with E-state index in [0.29, 0.717) is 23.0 Å². The maximum Gasteiger partial charge on any atom is 0.177 e. The number of anilines is 1. The first-order chi connectivity index (χ1) is 11.6. The molecule has 3 rings (SSSR count). The number of halogens is 2. The molecule has 0 radical (unpaired) electrons. The molecule has 134 valence electrons. The van der Waals surface area contributed by atoms with E-state index >= 15 is 0 Å². The van der Waals surface area contributed by atoms with E-state index in [1.54, 1.807) is 7.11 Å². The van der Waals surface area contributed by atoms with Crippen molar-refractivity contribution in [3.8, 4) is 5.75 Å². The van der Waals surface area contributed by atoms with Gasteiger partial charge in [-0.25, -0.2) is 4.98 Å². The van der Waals surface area contributed by atoms with Gasteiger partial charge in [0.05, 0.1) is 7.11 Å². The Balaban J connectivity index is 0.00000225. The lowest BCUT2D eigenvalue weighted by molar-refractivity contribution is 0.414. The number of unbranched alkanes of at least 4 members (excludes halogenated alkanes) is 1. The van der Waals surface area contributed by atoms with E-state index < -0.39 is 0 Å². The van der Waals surface area contributed by atoms with Crippen LogP contribution in [-0.4, -0.2) is 26.9 Å². The van der Waals surface area contributed by atoms with Crippen LogP contribution in [-0.2, 0) is 13.0 Å². The lowest BCUT2D eigenvalue weighted by Crippen LogP contribution is -2.06. The predicted molar refractivity (Wildman–Crippen MR) is 103 cm³/mol. The molecule has 2 heterocycles. The molecule has 0 aliphatic carbocycles. The van der Waals surface area contributed by atoms with E-state index in [4.69, 9.17) is 22.1 Å². The molecule has 25 heavy (non-hydrogen) atoms. The van der Waals surface area contributed by atoms with Crippen LogP contribution in [0.3, 0.4) is 0 Å². The summed E-state index contributed by atoms with van der Waals surface area (Å²) in [5.74, 6) is 2.08. The largest absolute Gasteiger partial charge is 0.497 e. The maximum absolute atomic E-state index is 6.29. The number of nitrogens with two attached hydrogens (primary N) is 1. The van der Waals surface area contributed by atoms with Gasteiger partial charge in [-0.3, -0.25) is 0 Å². The number of nitrogens with zero attached hydrogens (tertiary/aromatic N) is 4. The van der Waals surface area contributed by atoms with E-state index in [1.165, 1.54) is 0 Å². The van der Waals surface area contributed by atoms with E-state index in [9.17, 15) is 0 Å². The first-order valence-corrected chi connectivity index (χ1v) is 8.31. The number of aromatic nitrogens is 4. The number of nitrogen functional groups attached to an aromatic ring is 1. The molecule has 2 N–H and O–H groups in total. The van der Waals surface area contributed by atoms with Crippen LogP contribution in [0.25, 0.3) is 11.0 Å². The van der Waals surface area contributed by atoms with Crippen molar-refractivity contribution >= 4 is 40.9 Å². The summed E-state index contributed by atoms with van der Waals surface area (Å²) in [5, 5.41) is 8.14. The van der Waals surface area contributed by atoms with Crippen molar-refractivity contribution in [1.29, 1.82) is 0 Å². The molecule has 8 heteroatoms. The molecule has 0 aliphatic heterocycles. The molecule has 0 saturated carbocycles. The molecular formula is C17H21Cl2N5O. The standard InChI is InChI=1S/C17H20ClN5O.ClH/c1-3-4-5-13-20-14-15(16(18)21-22-17(14)19)23(13)10-11-6-8-12(24-2)9-7-11;/h6-9H,3-5,10H2,1-2H3,(H2,19,22);1H. The summed E-state index contributed by atoms with van der Waals surface area (Å²) in [6.45, 7) is 2.80. The number of methoxy groups -OCH3 is 1. The third-order valence-corrected chi connectivity index (χ3v) is 4.24. The zero-order valence-electron chi connectivity index (χ0n) is 14.2. The van der Waals surface area contributed by atoms with Gasteiger partial charge in [0.25, 0.3) is 0 Å². The van der Waals surface area contributed by atoms with E-state index in [0.717, 1.165) is 41.9 Å². The van der Waals surface area contributed by atoms with Crippen LogP contribution in [0.4, 0.5) is 5.82 Å². The summed E-state index contributed by atoms with van der Waals surface area (Å²) in [6, 6.07) is 7.94. The van der Waals surface area contributed by atoms with E-state index in [-0.39, 0.29) is 12.4 Å². The van der Waals surface area contributed by atoms with Crippen molar-refractivity contribution in [3.63, 3.8) is 0 Å². The minimum absolute atomic E-state index is 0. The molecule has 0 atom stereocenters. The minimum atomic E-state index is 0. The first-order valence-electron chi connectivity index (χ1n) is 7.93. The fraction of sp³-hybridized carbons (Fsp3) is 0.353. The van der Waals surface area contributed by atoms with Crippen molar-refractivity contribution in [2.24, 2.45) is 0 Å². The summed E-state index contributed by atoms with van der Waals surface area (Å²) in [5.41, 5.74) is 8.43. The highest BCUT2D eigenvalue weighted by molar-refractivity contribution is 6.33. The molecular weight excluding hydrogens is 361 g/mol. The number of benzene rings is 1. The van der Waals surface area contributed by atoms with Crippen LogP contribution < -0.4 is 10.5 Å². The minimum Gasteiger partial charge on any atom is -0.497 e. The number of hydrogen-bond acceptors (Lipinski definition) is 5. The van der Waals surface area contributed by atoms with Crippen molar-refractivity contribution in [1.82, 2.24) is 19.7 Å². The van der Waals surface area contributed by atoms with Gasteiger partial charge in [0.1, 0.15) is 22.6 Å². The zero-order chi connectivity index (χ0) is 17.1. The Labute approximate surface area is 157 Å². The summed E-state index contributed by atoms with van der Waals surface area (Å²) < 4.78 is 7.29. The quantitative estimate of drug-likeness (QED) is 0.700. The smallest absolute Gasteiger partial charge is 0.177 e. The fourth-order valence-electron chi connectivity index (χ4n) is 2.69. The Morgan fingerprint density at radius 2 is 1.92 bits per heavy atom. The van der Waals surface area contributed by atoms with Gasteiger partial charge < -0.3 is 15.0 Å². The van der Waals surface area contributed by atoms with Gasteiger partial charge in [-0.15, -0.1) is 22.6 Å². The lowest BCUT2D eigenvalue weighted by Gasteiger charge is -2.10. The van der Waals surface area contributed by atoms with E-state index in [2.05, 4.69) is 26.7 Å². The molecule has 0 amide bonds. The second-order valence-electron chi connectivity index (χ2n) is 5.64. The molecule has 3 aromatic rings. The molecule has 0 aliphatic rings. The average molecular weight is 382 g/mol. The van der Waals surface area contributed by atoms with Crippen LogP contribution >= 0.6 is 24.0 Å². The predicted octanol–water partition coefficient (Wildman–Crippen LogP) is 3.88. The van der Waals surface area contributed by atoms with Gasteiger partial charge >= 0.3 is 0 Å². The third kappa shape index (κ3) is 3.96. The Hall–Kier alpha value is -2.05. The Morgan fingerprint density at radius 1 is 1.20 bits per heavy atom.